The summed E-state index contributed by atoms with van der Waals surface area (Å²) in [5, 5.41) is 3.84. The Morgan fingerprint density at radius 1 is 1.41 bits per heavy atom. The Kier molecular flexibility index (Phi) is 4.20. The molecule has 2 heterocycles. The topological polar surface area (TPSA) is 78.1 Å². The van der Waals surface area contributed by atoms with Crippen molar-refractivity contribution in [2.24, 2.45) is 0 Å². The summed E-state index contributed by atoms with van der Waals surface area (Å²) in [5.41, 5.74) is 0.521. The summed E-state index contributed by atoms with van der Waals surface area (Å²) in [4.78, 5) is 33.4. The molecule has 2 aromatic rings. The van der Waals surface area contributed by atoms with Gasteiger partial charge in [0.15, 0.2) is 0 Å². The molecule has 1 aliphatic heterocycles. The Balaban J connectivity index is 1.71. The molecular formula is C16H20N4O2. The maximum atomic E-state index is 12.3. The fourth-order valence-electron chi connectivity index (χ4n) is 2.83. The van der Waals surface area contributed by atoms with Gasteiger partial charge in [0.1, 0.15) is 5.82 Å². The second-order valence-electron chi connectivity index (χ2n) is 5.67. The van der Waals surface area contributed by atoms with Crippen LogP contribution in [0.1, 0.15) is 19.2 Å². The van der Waals surface area contributed by atoms with E-state index in [-0.39, 0.29) is 17.5 Å². The predicted molar refractivity (Wildman–Crippen MR) is 84.7 cm³/mol. The van der Waals surface area contributed by atoms with Gasteiger partial charge in [-0.05, 0) is 19.1 Å². The molecule has 1 aromatic heterocycles. The van der Waals surface area contributed by atoms with Crippen molar-refractivity contribution in [3.8, 4) is 0 Å². The number of aryl methyl sites for hydroxylation is 1. The number of carbonyl (C=O) groups is 1. The zero-order chi connectivity index (χ0) is 15.5. The minimum atomic E-state index is -0.149. The SMILES string of the molecule is C[C@H]1CNCCN1C(=O)CCc1nc2ccccc2c(=O)[nH]1. The number of aromatic amines is 1. The summed E-state index contributed by atoms with van der Waals surface area (Å²) >= 11 is 0. The molecule has 0 aliphatic carbocycles. The second kappa shape index (κ2) is 6.27. The zero-order valence-corrected chi connectivity index (χ0v) is 12.6. The van der Waals surface area contributed by atoms with Crippen LogP contribution in [0.5, 0.6) is 0 Å². The first-order chi connectivity index (χ1) is 10.6. The van der Waals surface area contributed by atoms with E-state index in [4.69, 9.17) is 0 Å². The number of aromatic nitrogens is 2. The molecule has 1 saturated heterocycles. The molecular weight excluding hydrogens is 280 g/mol. The Morgan fingerprint density at radius 2 is 2.23 bits per heavy atom. The number of piperazine rings is 1. The van der Waals surface area contributed by atoms with Crippen molar-refractivity contribution in [2.75, 3.05) is 19.6 Å². The molecule has 3 rings (SSSR count). The Labute approximate surface area is 128 Å². The lowest BCUT2D eigenvalue weighted by atomic mass is 10.1. The molecule has 1 fully saturated rings. The van der Waals surface area contributed by atoms with Crippen molar-refractivity contribution in [1.82, 2.24) is 20.2 Å². The second-order valence-corrected chi connectivity index (χ2v) is 5.67. The van der Waals surface area contributed by atoms with Crippen LogP contribution in [0.2, 0.25) is 0 Å². The first-order valence-electron chi connectivity index (χ1n) is 7.63. The Hall–Kier alpha value is -2.21. The maximum absolute atomic E-state index is 12.3. The lowest BCUT2D eigenvalue weighted by molar-refractivity contribution is -0.133. The number of benzene rings is 1. The average Bonchev–Trinajstić information content (AvgIpc) is 2.53. The van der Waals surface area contributed by atoms with E-state index in [1.807, 2.05) is 30.0 Å². The molecule has 0 saturated carbocycles. The van der Waals surface area contributed by atoms with Crippen LogP contribution in [0.3, 0.4) is 0 Å². The third-order valence-corrected chi connectivity index (χ3v) is 4.06. The molecule has 0 bridgehead atoms. The molecule has 1 amide bonds. The highest BCUT2D eigenvalue weighted by Gasteiger charge is 2.22. The third-order valence-electron chi connectivity index (χ3n) is 4.06. The number of hydrogen-bond acceptors (Lipinski definition) is 4. The molecule has 0 spiro atoms. The van der Waals surface area contributed by atoms with Gasteiger partial charge >= 0.3 is 0 Å². The Morgan fingerprint density at radius 3 is 3.05 bits per heavy atom. The third kappa shape index (κ3) is 3.01. The van der Waals surface area contributed by atoms with Crippen molar-refractivity contribution < 1.29 is 4.79 Å². The molecule has 1 atom stereocenters. The minimum absolute atomic E-state index is 0.116. The van der Waals surface area contributed by atoms with Gasteiger partial charge in [-0.15, -0.1) is 0 Å². The summed E-state index contributed by atoms with van der Waals surface area (Å²) in [6.07, 6.45) is 0.821. The van der Waals surface area contributed by atoms with Crippen molar-refractivity contribution in [3.63, 3.8) is 0 Å². The van der Waals surface area contributed by atoms with Gasteiger partial charge in [0.2, 0.25) is 5.91 Å². The monoisotopic (exact) mass is 300 g/mol. The number of para-hydroxylation sites is 1. The van der Waals surface area contributed by atoms with Gasteiger partial charge in [0.25, 0.3) is 5.56 Å². The number of carbonyl (C=O) groups excluding carboxylic acids is 1. The highest BCUT2D eigenvalue weighted by atomic mass is 16.2. The quantitative estimate of drug-likeness (QED) is 0.873. The lowest BCUT2D eigenvalue weighted by Gasteiger charge is -2.34. The van der Waals surface area contributed by atoms with Crippen molar-refractivity contribution in [1.29, 1.82) is 0 Å². The van der Waals surface area contributed by atoms with Crippen LogP contribution in [0.25, 0.3) is 10.9 Å². The first-order valence-corrected chi connectivity index (χ1v) is 7.63. The van der Waals surface area contributed by atoms with Gasteiger partial charge < -0.3 is 15.2 Å². The van der Waals surface area contributed by atoms with E-state index in [0.29, 0.717) is 29.6 Å². The van der Waals surface area contributed by atoms with Crippen LogP contribution >= 0.6 is 0 Å². The maximum Gasteiger partial charge on any atom is 0.258 e. The number of amides is 1. The van der Waals surface area contributed by atoms with Crippen LogP contribution in [-0.2, 0) is 11.2 Å². The van der Waals surface area contributed by atoms with Gasteiger partial charge in [-0.25, -0.2) is 4.98 Å². The van der Waals surface area contributed by atoms with E-state index in [2.05, 4.69) is 15.3 Å². The molecule has 1 aromatic carbocycles. The molecule has 0 unspecified atom stereocenters. The van der Waals surface area contributed by atoms with E-state index in [0.717, 1.165) is 19.6 Å². The molecule has 0 radical (unpaired) electrons. The van der Waals surface area contributed by atoms with Crippen molar-refractivity contribution >= 4 is 16.8 Å². The van der Waals surface area contributed by atoms with Crippen LogP contribution in [-0.4, -0.2) is 46.5 Å². The largest absolute Gasteiger partial charge is 0.337 e. The van der Waals surface area contributed by atoms with Crippen LogP contribution in [0.15, 0.2) is 29.1 Å². The summed E-state index contributed by atoms with van der Waals surface area (Å²) < 4.78 is 0. The van der Waals surface area contributed by atoms with Gasteiger partial charge in [0.05, 0.1) is 10.9 Å². The van der Waals surface area contributed by atoms with Crippen molar-refractivity contribution in [2.45, 2.75) is 25.8 Å². The summed E-state index contributed by atoms with van der Waals surface area (Å²) in [6, 6.07) is 7.44. The fourth-order valence-corrected chi connectivity index (χ4v) is 2.83. The van der Waals surface area contributed by atoms with E-state index >= 15 is 0 Å². The van der Waals surface area contributed by atoms with Gasteiger partial charge in [0, 0.05) is 38.5 Å². The molecule has 6 nitrogen and oxygen atoms in total. The average molecular weight is 300 g/mol. The van der Waals surface area contributed by atoms with Gasteiger partial charge in [-0.1, -0.05) is 12.1 Å². The van der Waals surface area contributed by atoms with E-state index in [1.165, 1.54) is 0 Å². The summed E-state index contributed by atoms with van der Waals surface area (Å²) in [7, 11) is 0. The Bertz CT molecular complexity index is 740. The first kappa shape index (κ1) is 14.7. The van der Waals surface area contributed by atoms with Crippen LogP contribution < -0.4 is 10.9 Å². The van der Waals surface area contributed by atoms with Gasteiger partial charge in [-0.2, -0.15) is 0 Å². The van der Waals surface area contributed by atoms with Crippen LogP contribution in [0.4, 0.5) is 0 Å². The number of rotatable bonds is 3. The van der Waals surface area contributed by atoms with E-state index in [9.17, 15) is 9.59 Å². The summed E-state index contributed by atoms with van der Waals surface area (Å²) in [5.74, 6) is 0.685. The normalized spacial score (nSPS) is 18.6. The minimum Gasteiger partial charge on any atom is -0.337 e. The number of fused-ring (bicyclic) bond motifs is 1. The van der Waals surface area contributed by atoms with Gasteiger partial charge in [-0.3, -0.25) is 9.59 Å². The summed E-state index contributed by atoms with van der Waals surface area (Å²) in [6.45, 7) is 4.44. The highest BCUT2D eigenvalue weighted by Crippen LogP contribution is 2.09. The molecule has 1 aliphatic rings. The number of nitrogens with zero attached hydrogens (tertiary/aromatic N) is 2. The number of nitrogens with one attached hydrogen (secondary N) is 2. The molecule has 22 heavy (non-hydrogen) atoms. The number of hydrogen-bond donors (Lipinski definition) is 2. The molecule has 6 heteroatoms. The zero-order valence-electron chi connectivity index (χ0n) is 12.6. The molecule has 116 valence electrons. The van der Waals surface area contributed by atoms with Crippen molar-refractivity contribution in [3.05, 3.63) is 40.4 Å². The fraction of sp³-hybridized carbons (Fsp3) is 0.438. The predicted octanol–water partition coefficient (Wildman–Crippen LogP) is 0.676. The van der Waals surface area contributed by atoms with E-state index < -0.39 is 0 Å². The number of H-pyrrole nitrogens is 1. The lowest BCUT2D eigenvalue weighted by Crippen LogP contribution is -2.52. The standard InChI is InChI=1S/C16H20N4O2/c1-11-10-17-8-9-20(11)15(21)7-6-14-18-13-5-3-2-4-12(13)16(22)19-14/h2-5,11,17H,6-10H2,1H3,(H,18,19,22)/t11-/m0/s1. The highest BCUT2D eigenvalue weighted by molar-refractivity contribution is 5.78. The smallest absolute Gasteiger partial charge is 0.258 e. The molecule has 2 N–H and O–H groups in total. The van der Waals surface area contributed by atoms with E-state index in [1.54, 1.807) is 6.07 Å². The van der Waals surface area contributed by atoms with Crippen LogP contribution in [0, 0.1) is 0 Å².